The topological polar surface area (TPSA) is 30.3 Å². The molecule has 2 rings (SSSR count). The van der Waals surface area contributed by atoms with Crippen LogP contribution in [-0.4, -0.2) is 35.2 Å². The highest BCUT2D eigenvalue weighted by atomic mass is 15.6. The molecule has 0 aromatic heterocycles. The Morgan fingerprint density at radius 3 is 2.06 bits per heavy atom. The quantitative estimate of drug-likeness (QED) is 0.681. The first-order valence-electron chi connectivity index (χ1n) is 6.65. The third kappa shape index (κ3) is 2.39. The van der Waals surface area contributed by atoms with E-state index in [0.29, 0.717) is 18.0 Å². The van der Waals surface area contributed by atoms with E-state index in [1.807, 2.05) is 0 Å². The Bertz CT molecular complexity index is 253. The summed E-state index contributed by atoms with van der Waals surface area (Å²) in [5, 5.41) is 14.0. The van der Waals surface area contributed by atoms with Crippen molar-refractivity contribution < 1.29 is 0 Å². The van der Waals surface area contributed by atoms with Crippen molar-refractivity contribution >= 4 is 0 Å². The van der Waals surface area contributed by atoms with Crippen LogP contribution in [0.4, 0.5) is 0 Å². The molecule has 0 saturated carbocycles. The van der Waals surface area contributed by atoms with Gasteiger partial charge in [-0.05, 0) is 39.5 Å². The normalized spacial score (nSPS) is 34.8. The fourth-order valence-corrected chi connectivity index (χ4v) is 3.19. The summed E-state index contributed by atoms with van der Waals surface area (Å²) in [6, 6.07) is 3.77. The van der Waals surface area contributed by atoms with Gasteiger partial charge in [0.15, 0.2) is 0 Å². The van der Waals surface area contributed by atoms with Gasteiger partial charge < -0.3 is 0 Å². The monoisotopic (exact) mass is 221 g/mol. The third-order valence-corrected chi connectivity index (χ3v) is 4.13. The van der Waals surface area contributed by atoms with Gasteiger partial charge in [-0.15, -0.1) is 0 Å². The van der Waals surface area contributed by atoms with Crippen molar-refractivity contribution in [3.63, 3.8) is 0 Å². The highest BCUT2D eigenvalue weighted by Gasteiger charge is 2.31. The maximum atomic E-state index is 8.91. The zero-order valence-corrected chi connectivity index (χ0v) is 10.5. The lowest BCUT2D eigenvalue weighted by atomic mass is 9.97. The highest BCUT2D eigenvalue weighted by Crippen LogP contribution is 2.27. The summed E-state index contributed by atoms with van der Waals surface area (Å²) < 4.78 is 0. The van der Waals surface area contributed by atoms with Crippen molar-refractivity contribution in [1.82, 2.24) is 10.0 Å². The molecule has 0 radical (unpaired) electrons. The Kier molecular flexibility index (Phi) is 3.83. The van der Waals surface area contributed by atoms with Crippen molar-refractivity contribution in [2.24, 2.45) is 5.92 Å². The number of rotatable bonds is 1. The van der Waals surface area contributed by atoms with Crippen LogP contribution in [0.15, 0.2) is 0 Å². The van der Waals surface area contributed by atoms with E-state index in [4.69, 9.17) is 5.26 Å². The van der Waals surface area contributed by atoms with Crippen molar-refractivity contribution in [3.05, 3.63) is 0 Å². The van der Waals surface area contributed by atoms with E-state index >= 15 is 0 Å². The SMILES string of the molecule is CC1CCCC(C)N1N1CCC(C#N)CC1. The van der Waals surface area contributed by atoms with E-state index in [1.54, 1.807) is 0 Å². The van der Waals surface area contributed by atoms with Crippen LogP contribution in [0.3, 0.4) is 0 Å². The summed E-state index contributed by atoms with van der Waals surface area (Å²) in [7, 11) is 0. The molecule has 2 atom stereocenters. The predicted octanol–water partition coefficient (Wildman–Crippen LogP) is 2.40. The number of nitriles is 1. The molecule has 3 nitrogen and oxygen atoms in total. The first-order valence-corrected chi connectivity index (χ1v) is 6.65. The van der Waals surface area contributed by atoms with E-state index in [2.05, 4.69) is 29.9 Å². The van der Waals surface area contributed by atoms with Gasteiger partial charge in [-0.1, -0.05) is 6.42 Å². The smallest absolute Gasteiger partial charge is 0.0656 e. The molecule has 0 spiro atoms. The van der Waals surface area contributed by atoms with Crippen molar-refractivity contribution in [1.29, 1.82) is 5.26 Å². The van der Waals surface area contributed by atoms with Crippen LogP contribution in [0, 0.1) is 17.2 Å². The standard InChI is InChI=1S/C13H23N3/c1-11-4-3-5-12(2)16(11)15-8-6-13(10-14)7-9-15/h11-13H,3-9H2,1-2H3. The highest BCUT2D eigenvalue weighted by molar-refractivity contribution is 4.88. The van der Waals surface area contributed by atoms with Crippen LogP contribution in [0.1, 0.15) is 46.0 Å². The van der Waals surface area contributed by atoms with Gasteiger partial charge >= 0.3 is 0 Å². The minimum atomic E-state index is 0.298. The van der Waals surface area contributed by atoms with Crippen LogP contribution in [0.25, 0.3) is 0 Å². The first-order chi connectivity index (χ1) is 7.72. The Hall–Kier alpha value is -0.590. The van der Waals surface area contributed by atoms with E-state index in [1.165, 1.54) is 19.3 Å². The molecular formula is C13H23N3. The summed E-state index contributed by atoms with van der Waals surface area (Å²) in [6.07, 6.45) is 6.11. The molecule has 0 bridgehead atoms. The lowest BCUT2D eigenvalue weighted by molar-refractivity contribution is -0.117. The molecule has 2 saturated heterocycles. The molecule has 0 aromatic carbocycles. The maximum absolute atomic E-state index is 8.91. The van der Waals surface area contributed by atoms with Crippen molar-refractivity contribution in [2.75, 3.05) is 13.1 Å². The first kappa shape index (κ1) is 11.9. The Labute approximate surface area is 99.0 Å². The number of piperidine rings is 2. The number of hydrogen-bond acceptors (Lipinski definition) is 3. The Morgan fingerprint density at radius 1 is 1.00 bits per heavy atom. The molecule has 90 valence electrons. The molecule has 2 fully saturated rings. The second-order valence-electron chi connectivity index (χ2n) is 5.37. The van der Waals surface area contributed by atoms with Gasteiger partial charge in [-0.2, -0.15) is 5.26 Å². The van der Waals surface area contributed by atoms with Gasteiger partial charge in [0.25, 0.3) is 0 Å². The molecule has 2 aliphatic heterocycles. The fourth-order valence-electron chi connectivity index (χ4n) is 3.19. The van der Waals surface area contributed by atoms with Gasteiger partial charge in [0.2, 0.25) is 0 Å². The molecule has 16 heavy (non-hydrogen) atoms. The van der Waals surface area contributed by atoms with Gasteiger partial charge in [0.1, 0.15) is 0 Å². The van der Waals surface area contributed by atoms with E-state index in [0.717, 1.165) is 25.9 Å². The summed E-state index contributed by atoms with van der Waals surface area (Å²) in [5.74, 6) is 0.298. The predicted molar refractivity (Wildman–Crippen MR) is 64.5 cm³/mol. The average Bonchev–Trinajstić information content (AvgIpc) is 2.30. The van der Waals surface area contributed by atoms with Gasteiger partial charge in [0.05, 0.1) is 6.07 Å². The Morgan fingerprint density at radius 2 is 1.56 bits per heavy atom. The van der Waals surface area contributed by atoms with E-state index < -0.39 is 0 Å². The minimum Gasteiger partial charge on any atom is -0.241 e. The van der Waals surface area contributed by atoms with E-state index in [-0.39, 0.29) is 0 Å². The number of hydrazine groups is 1. The zero-order valence-electron chi connectivity index (χ0n) is 10.5. The van der Waals surface area contributed by atoms with Crippen LogP contribution >= 0.6 is 0 Å². The summed E-state index contributed by atoms with van der Waals surface area (Å²) in [4.78, 5) is 0. The summed E-state index contributed by atoms with van der Waals surface area (Å²) >= 11 is 0. The lowest BCUT2D eigenvalue weighted by Crippen LogP contribution is -2.56. The van der Waals surface area contributed by atoms with Gasteiger partial charge in [-0.3, -0.25) is 0 Å². The van der Waals surface area contributed by atoms with Gasteiger partial charge in [0, 0.05) is 31.1 Å². The molecule has 3 heteroatoms. The minimum absolute atomic E-state index is 0.298. The van der Waals surface area contributed by atoms with Crippen LogP contribution in [-0.2, 0) is 0 Å². The Balaban J connectivity index is 1.94. The molecule has 0 N–H and O–H groups in total. The summed E-state index contributed by atoms with van der Waals surface area (Å²) in [5.41, 5.74) is 0. The average molecular weight is 221 g/mol. The van der Waals surface area contributed by atoms with Crippen molar-refractivity contribution in [2.45, 2.75) is 58.0 Å². The molecule has 2 aliphatic rings. The third-order valence-electron chi connectivity index (χ3n) is 4.13. The molecule has 2 unspecified atom stereocenters. The maximum Gasteiger partial charge on any atom is 0.0656 e. The molecule has 0 aromatic rings. The zero-order chi connectivity index (χ0) is 11.5. The molecule has 0 aliphatic carbocycles. The van der Waals surface area contributed by atoms with Gasteiger partial charge in [-0.25, -0.2) is 10.0 Å². The fraction of sp³-hybridized carbons (Fsp3) is 0.923. The van der Waals surface area contributed by atoms with Crippen LogP contribution in [0.2, 0.25) is 0 Å². The molecular weight excluding hydrogens is 198 g/mol. The molecule has 0 amide bonds. The van der Waals surface area contributed by atoms with E-state index in [9.17, 15) is 0 Å². The van der Waals surface area contributed by atoms with Crippen LogP contribution < -0.4 is 0 Å². The lowest BCUT2D eigenvalue weighted by Gasteiger charge is -2.47. The summed E-state index contributed by atoms with van der Waals surface area (Å²) in [6.45, 7) is 6.83. The number of hydrogen-bond donors (Lipinski definition) is 0. The van der Waals surface area contributed by atoms with Crippen molar-refractivity contribution in [3.8, 4) is 6.07 Å². The largest absolute Gasteiger partial charge is 0.241 e. The second kappa shape index (κ2) is 5.16. The second-order valence-corrected chi connectivity index (χ2v) is 5.37. The molecule has 2 heterocycles. The van der Waals surface area contributed by atoms with Crippen LogP contribution in [0.5, 0.6) is 0 Å². The number of nitrogens with zero attached hydrogens (tertiary/aromatic N) is 3.